The van der Waals surface area contributed by atoms with Gasteiger partial charge in [0.05, 0.1) is 6.10 Å². The van der Waals surface area contributed by atoms with Crippen LogP contribution in [0.15, 0.2) is 35.9 Å². The standard InChI is InChI=1S/C16H19ClO/c1-2-16(18)14-12-10-8-6-4-3-5-7-9-11-13-15-17/h6,8-9,11,13,15-16,18H,2,10,12,14H2,1H3/b8-6-,11-9+,15-13-/t16-/m0/s1. The zero-order valence-corrected chi connectivity index (χ0v) is 11.5. The first-order chi connectivity index (χ1) is 8.81. The van der Waals surface area contributed by atoms with Crippen molar-refractivity contribution in [1.29, 1.82) is 0 Å². The van der Waals surface area contributed by atoms with E-state index < -0.39 is 0 Å². The van der Waals surface area contributed by atoms with Crippen molar-refractivity contribution >= 4 is 11.6 Å². The number of aliphatic hydroxyl groups is 1. The Morgan fingerprint density at radius 1 is 1.17 bits per heavy atom. The molecule has 0 amide bonds. The van der Waals surface area contributed by atoms with Gasteiger partial charge in [-0.1, -0.05) is 48.6 Å². The molecule has 0 aromatic rings. The average Bonchev–Trinajstić information content (AvgIpc) is 2.39. The van der Waals surface area contributed by atoms with Crippen LogP contribution in [0.4, 0.5) is 0 Å². The lowest BCUT2D eigenvalue weighted by Crippen LogP contribution is -2.02. The van der Waals surface area contributed by atoms with Crippen LogP contribution in [-0.2, 0) is 0 Å². The van der Waals surface area contributed by atoms with E-state index in [1.54, 1.807) is 24.3 Å². The molecule has 1 atom stereocenters. The van der Waals surface area contributed by atoms with Crippen LogP contribution in [0.3, 0.4) is 0 Å². The third-order valence-electron chi connectivity index (χ3n) is 2.15. The summed E-state index contributed by atoms with van der Waals surface area (Å²) in [4.78, 5) is 0. The van der Waals surface area contributed by atoms with Gasteiger partial charge >= 0.3 is 0 Å². The third-order valence-corrected chi connectivity index (χ3v) is 2.30. The maximum absolute atomic E-state index is 9.33. The molecule has 18 heavy (non-hydrogen) atoms. The lowest BCUT2D eigenvalue weighted by atomic mass is 10.1. The highest BCUT2D eigenvalue weighted by Crippen LogP contribution is 2.03. The van der Waals surface area contributed by atoms with Crippen LogP contribution in [0.25, 0.3) is 0 Å². The predicted octanol–water partition coefficient (Wildman–Crippen LogP) is 3.80. The number of rotatable bonds is 6. The fourth-order valence-electron chi connectivity index (χ4n) is 1.12. The summed E-state index contributed by atoms with van der Waals surface area (Å²) in [6, 6.07) is 0. The van der Waals surface area contributed by atoms with Crippen molar-refractivity contribution in [2.45, 2.75) is 38.7 Å². The number of aliphatic hydroxyl groups excluding tert-OH is 1. The molecule has 0 heterocycles. The number of unbranched alkanes of at least 4 members (excludes halogenated alkanes) is 1. The van der Waals surface area contributed by atoms with Gasteiger partial charge in [0, 0.05) is 5.54 Å². The molecule has 0 aliphatic rings. The van der Waals surface area contributed by atoms with Crippen LogP contribution in [0.1, 0.15) is 32.6 Å². The van der Waals surface area contributed by atoms with Gasteiger partial charge in [0.25, 0.3) is 0 Å². The summed E-state index contributed by atoms with van der Waals surface area (Å²) in [6.07, 6.45) is 12.4. The summed E-state index contributed by atoms with van der Waals surface area (Å²) in [6.45, 7) is 1.99. The number of hydrogen-bond acceptors (Lipinski definition) is 1. The first-order valence-electron chi connectivity index (χ1n) is 6.07. The molecule has 0 spiro atoms. The zero-order valence-electron chi connectivity index (χ0n) is 10.7. The zero-order chi connectivity index (χ0) is 13.5. The van der Waals surface area contributed by atoms with E-state index in [0.717, 1.165) is 25.7 Å². The fourth-order valence-corrected chi connectivity index (χ4v) is 1.20. The van der Waals surface area contributed by atoms with E-state index in [-0.39, 0.29) is 6.10 Å². The minimum Gasteiger partial charge on any atom is -0.393 e. The van der Waals surface area contributed by atoms with Gasteiger partial charge in [-0.05, 0) is 49.7 Å². The van der Waals surface area contributed by atoms with E-state index in [9.17, 15) is 5.11 Å². The van der Waals surface area contributed by atoms with Crippen molar-refractivity contribution in [3.63, 3.8) is 0 Å². The molecule has 0 bridgehead atoms. The minimum atomic E-state index is -0.163. The molecule has 0 aliphatic heterocycles. The Balaban J connectivity index is 3.70. The largest absolute Gasteiger partial charge is 0.393 e. The van der Waals surface area contributed by atoms with E-state index in [0.29, 0.717) is 0 Å². The second-order valence-corrected chi connectivity index (χ2v) is 3.86. The summed E-state index contributed by atoms with van der Waals surface area (Å²) in [5.41, 5.74) is 1.42. The molecule has 2 heteroatoms. The highest BCUT2D eigenvalue weighted by Gasteiger charge is 1.97. The van der Waals surface area contributed by atoms with Crippen LogP contribution in [-0.4, -0.2) is 11.2 Å². The Kier molecular flexibility index (Phi) is 12.6. The van der Waals surface area contributed by atoms with Crippen LogP contribution in [0.2, 0.25) is 0 Å². The second-order valence-electron chi connectivity index (χ2n) is 3.61. The topological polar surface area (TPSA) is 20.2 Å². The van der Waals surface area contributed by atoms with Crippen molar-refractivity contribution in [3.8, 4) is 23.7 Å². The number of hydrogen-bond donors (Lipinski definition) is 1. The highest BCUT2D eigenvalue weighted by molar-refractivity contribution is 6.25. The first kappa shape index (κ1) is 16.6. The van der Waals surface area contributed by atoms with E-state index >= 15 is 0 Å². The van der Waals surface area contributed by atoms with Crippen molar-refractivity contribution in [2.75, 3.05) is 0 Å². The molecule has 1 N–H and O–H groups in total. The van der Waals surface area contributed by atoms with Crippen LogP contribution >= 0.6 is 11.6 Å². The molecule has 0 aliphatic carbocycles. The molecular weight excluding hydrogens is 244 g/mol. The van der Waals surface area contributed by atoms with Gasteiger partial charge in [0.1, 0.15) is 0 Å². The summed E-state index contributed by atoms with van der Waals surface area (Å²) in [5, 5.41) is 9.33. The second kappa shape index (κ2) is 13.7. The van der Waals surface area contributed by atoms with Crippen LogP contribution in [0, 0.1) is 23.7 Å². The predicted molar refractivity (Wildman–Crippen MR) is 79.0 cm³/mol. The molecule has 0 saturated carbocycles. The first-order valence-corrected chi connectivity index (χ1v) is 6.51. The molecule has 0 radical (unpaired) electrons. The van der Waals surface area contributed by atoms with Crippen LogP contribution < -0.4 is 0 Å². The van der Waals surface area contributed by atoms with Crippen molar-refractivity contribution in [3.05, 3.63) is 35.9 Å². The number of halogens is 1. The molecule has 1 nitrogen and oxygen atoms in total. The Hall–Kier alpha value is -1.41. The van der Waals surface area contributed by atoms with E-state index in [1.165, 1.54) is 5.54 Å². The van der Waals surface area contributed by atoms with Gasteiger partial charge in [-0.2, -0.15) is 0 Å². The summed E-state index contributed by atoms with van der Waals surface area (Å²) < 4.78 is 0. The Morgan fingerprint density at radius 2 is 1.89 bits per heavy atom. The van der Waals surface area contributed by atoms with E-state index in [4.69, 9.17) is 11.6 Å². The summed E-state index contributed by atoms with van der Waals surface area (Å²) >= 11 is 5.32. The molecule has 0 unspecified atom stereocenters. The average molecular weight is 263 g/mol. The van der Waals surface area contributed by atoms with Gasteiger partial charge < -0.3 is 5.11 Å². The van der Waals surface area contributed by atoms with Gasteiger partial charge in [-0.25, -0.2) is 0 Å². The normalized spacial score (nSPS) is 12.4. The Labute approximate surface area is 115 Å². The highest BCUT2D eigenvalue weighted by atomic mass is 35.5. The van der Waals surface area contributed by atoms with Gasteiger partial charge in [0.2, 0.25) is 0 Å². The van der Waals surface area contributed by atoms with Crippen molar-refractivity contribution in [2.24, 2.45) is 0 Å². The summed E-state index contributed by atoms with van der Waals surface area (Å²) in [7, 11) is 0. The van der Waals surface area contributed by atoms with E-state index in [2.05, 4.69) is 23.7 Å². The van der Waals surface area contributed by atoms with Crippen LogP contribution in [0.5, 0.6) is 0 Å². The minimum absolute atomic E-state index is 0.163. The third kappa shape index (κ3) is 12.7. The monoisotopic (exact) mass is 262 g/mol. The lowest BCUT2D eigenvalue weighted by Gasteiger charge is -2.04. The van der Waals surface area contributed by atoms with Gasteiger partial charge in [-0.3, -0.25) is 0 Å². The summed E-state index contributed by atoms with van der Waals surface area (Å²) in [5.74, 6) is 11.0. The van der Waals surface area contributed by atoms with E-state index in [1.807, 2.05) is 13.0 Å². The molecular formula is C16H19ClO. The van der Waals surface area contributed by atoms with Crippen molar-refractivity contribution in [1.82, 2.24) is 0 Å². The maximum atomic E-state index is 9.33. The molecule has 0 aromatic heterocycles. The fraction of sp³-hybridized carbons (Fsp3) is 0.375. The lowest BCUT2D eigenvalue weighted by molar-refractivity contribution is 0.158. The van der Waals surface area contributed by atoms with Crippen molar-refractivity contribution < 1.29 is 5.11 Å². The van der Waals surface area contributed by atoms with Gasteiger partial charge in [-0.15, -0.1) is 0 Å². The SMILES string of the molecule is CC[C@H](O)CCC/C=C\C#CC#C/C=C/C=C\Cl. The Morgan fingerprint density at radius 3 is 2.56 bits per heavy atom. The number of allylic oxidation sites excluding steroid dienone is 5. The quantitative estimate of drug-likeness (QED) is 0.439. The molecule has 96 valence electrons. The molecule has 0 aromatic carbocycles. The smallest absolute Gasteiger partial charge is 0.0537 e. The van der Waals surface area contributed by atoms with Gasteiger partial charge in [0.15, 0.2) is 0 Å². The Bertz CT molecular complexity index is 396. The molecule has 0 fully saturated rings. The maximum Gasteiger partial charge on any atom is 0.0537 e. The molecule has 0 rings (SSSR count). The molecule has 0 saturated heterocycles.